The quantitative estimate of drug-likeness (QED) is 0.823. The molecule has 3 rings (SSSR count). The minimum atomic E-state index is -3.65. The third-order valence-corrected chi connectivity index (χ3v) is 5.54. The molecule has 6 heteroatoms. The van der Waals surface area contributed by atoms with Crippen LogP contribution in [-0.4, -0.2) is 39.1 Å². The molecule has 5 nitrogen and oxygen atoms in total. The smallest absolute Gasteiger partial charge is 0.238 e. The van der Waals surface area contributed by atoms with Crippen LogP contribution in [0, 0.1) is 0 Å². The lowest BCUT2D eigenvalue weighted by molar-refractivity contribution is 0.196. The molecule has 0 aliphatic carbocycles. The largest absolute Gasteiger partial charge is 0.492 e. The number of ether oxygens (including phenoxy) is 1. The third-order valence-electron chi connectivity index (χ3n) is 4.61. The number of rotatable bonds is 7. The van der Waals surface area contributed by atoms with E-state index in [1.807, 2.05) is 6.07 Å². The van der Waals surface area contributed by atoms with Crippen LogP contribution < -0.4 is 9.88 Å². The molecular formula is C19H24N2O3S. The summed E-state index contributed by atoms with van der Waals surface area (Å²) in [5.74, 6) is 0.659. The van der Waals surface area contributed by atoms with Crippen molar-refractivity contribution in [1.82, 2.24) is 4.90 Å². The van der Waals surface area contributed by atoms with Crippen molar-refractivity contribution in [2.45, 2.75) is 30.2 Å². The molecule has 1 fully saturated rings. The molecule has 0 aromatic heterocycles. The Morgan fingerprint density at radius 3 is 2.48 bits per heavy atom. The van der Waals surface area contributed by atoms with Gasteiger partial charge in [0, 0.05) is 12.6 Å². The molecule has 0 amide bonds. The van der Waals surface area contributed by atoms with Gasteiger partial charge in [-0.25, -0.2) is 13.6 Å². The van der Waals surface area contributed by atoms with Crippen LogP contribution in [0.2, 0.25) is 0 Å². The maximum Gasteiger partial charge on any atom is 0.238 e. The average molecular weight is 360 g/mol. The normalized spacial score (nSPS) is 18.4. The Morgan fingerprint density at radius 2 is 1.80 bits per heavy atom. The number of nitrogens with two attached hydrogens (primary N) is 1. The predicted molar refractivity (Wildman–Crippen MR) is 98.1 cm³/mol. The first-order valence-corrected chi connectivity index (χ1v) is 10.1. The highest BCUT2D eigenvalue weighted by Gasteiger charge is 2.24. The minimum absolute atomic E-state index is 0.0994. The van der Waals surface area contributed by atoms with Gasteiger partial charge >= 0.3 is 0 Å². The van der Waals surface area contributed by atoms with Gasteiger partial charge in [-0.3, -0.25) is 4.90 Å². The van der Waals surface area contributed by atoms with Crippen molar-refractivity contribution in [2.24, 2.45) is 5.14 Å². The summed E-state index contributed by atoms with van der Waals surface area (Å²) in [4.78, 5) is 2.58. The van der Waals surface area contributed by atoms with Crippen LogP contribution in [0.15, 0.2) is 59.5 Å². The Hall–Kier alpha value is -1.89. The Balaban J connectivity index is 1.49. The van der Waals surface area contributed by atoms with E-state index in [1.165, 1.54) is 30.5 Å². The highest BCUT2D eigenvalue weighted by Crippen LogP contribution is 2.21. The molecule has 1 unspecified atom stereocenters. The summed E-state index contributed by atoms with van der Waals surface area (Å²) in [7, 11) is -3.65. The van der Waals surface area contributed by atoms with Crippen LogP contribution in [0.5, 0.6) is 5.75 Å². The van der Waals surface area contributed by atoms with Crippen LogP contribution in [0.3, 0.4) is 0 Å². The fourth-order valence-electron chi connectivity index (χ4n) is 3.31. The molecule has 0 spiro atoms. The highest BCUT2D eigenvalue weighted by atomic mass is 32.2. The molecule has 2 aromatic carbocycles. The van der Waals surface area contributed by atoms with Crippen molar-refractivity contribution in [1.29, 1.82) is 0 Å². The first-order valence-electron chi connectivity index (χ1n) is 8.56. The van der Waals surface area contributed by atoms with E-state index in [0.717, 1.165) is 19.5 Å². The zero-order chi connectivity index (χ0) is 17.7. The summed E-state index contributed by atoms with van der Waals surface area (Å²) < 4.78 is 28.3. The Morgan fingerprint density at radius 1 is 1.08 bits per heavy atom. The van der Waals surface area contributed by atoms with Crippen molar-refractivity contribution in [3.8, 4) is 5.75 Å². The van der Waals surface area contributed by atoms with Gasteiger partial charge in [0.1, 0.15) is 12.4 Å². The second kappa shape index (κ2) is 7.99. The zero-order valence-electron chi connectivity index (χ0n) is 14.2. The molecule has 1 aliphatic heterocycles. The molecule has 1 heterocycles. The number of hydrogen-bond donors (Lipinski definition) is 1. The van der Waals surface area contributed by atoms with Gasteiger partial charge in [0.2, 0.25) is 10.0 Å². The summed E-state index contributed by atoms with van der Waals surface area (Å²) in [6.45, 7) is 2.56. The SMILES string of the molecule is NS(=O)(=O)c1ccc(OCCN2CCCC2Cc2ccccc2)cc1. The van der Waals surface area contributed by atoms with Gasteiger partial charge < -0.3 is 4.74 Å². The van der Waals surface area contributed by atoms with E-state index in [0.29, 0.717) is 18.4 Å². The van der Waals surface area contributed by atoms with E-state index < -0.39 is 10.0 Å². The van der Waals surface area contributed by atoms with Crippen molar-refractivity contribution in [3.63, 3.8) is 0 Å². The fraction of sp³-hybridized carbons (Fsp3) is 0.368. The standard InChI is InChI=1S/C19H24N2O3S/c20-25(22,23)19-10-8-18(9-11-19)24-14-13-21-12-4-7-17(21)15-16-5-2-1-3-6-16/h1-3,5-6,8-11,17H,4,7,12-15H2,(H2,20,22,23). The molecule has 1 atom stereocenters. The summed E-state index contributed by atoms with van der Waals surface area (Å²) in [6, 6.07) is 17.4. The fourth-order valence-corrected chi connectivity index (χ4v) is 3.83. The predicted octanol–water partition coefficient (Wildman–Crippen LogP) is 2.42. The Labute approximate surface area is 149 Å². The van der Waals surface area contributed by atoms with Gasteiger partial charge in [-0.15, -0.1) is 0 Å². The molecule has 1 aliphatic rings. The topological polar surface area (TPSA) is 72.6 Å². The monoisotopic (exact) mass is 360 g/mol. The van der Waals surface area contributed by atoms with E-state index in [4.69, 9.17) is 9.88 Å². The lowest BCUT2D eigenvalue weighted by Crippen LogP contribution is -2.34. The van der Waals surface area contributed by atoms with Gasteiger partial charge in [0.05, 0.1) is 4.90 Å². The van der Waals surface area contributed by atoms with E-state index in [9.17, 15) is 8.42 Å². The minimum Gasteiger partial charge on any atom is -0.492 e. The number of nitrogens with zero attached hydrogens (tertiary/aromatic N) is 1. The maximum atomic E-state index is 11.2. The van der Waals surface area contributed by atoms with E-state index >= 15 is 0 Å². The summed E-state index contributed by atoms with van der Waals surface area (Å²) >= 11 is 0. The number of primary sulfonamides is 1. The molecular weight excluding hydrogens is 336 g/mol. The second-order valence-electron chi connectivity index (χ2n) is 6.39. The van der Waals surface area contributed by atoms with Gasteiger partial charge in [0.25, 0.3) is 0 Å². The van der Waals surface area contributed by atoms with Crippen molar-refractivity contribution in [2.75, 3.05) is 19.7 Å². The van der Waals surface area contributed by atoms with Crippen LogP contribution in [0.25, 0.3) is 0 Å². The van der Waals surface area contributed by atoms with Crippen LogP contribution in [0.1, 0.15) is 18.4 Å². The van der Waals surface area contributed by atoms with E-state index in [-0.39, 0.29) is 4.90 Å². The molecule has 134 valence electrons. The van der Waals surface area contributed by atoms with Gasteiger partial charge in [-0.05, 0) is 55.6 Å². The van der Waals surface area contributed by atoms with Gasteiger partial charge in [0.15, 0.2) is 0 Å². The Bertz CT molecular complexity index is 776. The van der Waals surface area contributed by atoms with Gasteiger partial charge in [-0.2, -0.15) is 0 Å². The molecule has 25 heavy (non-hydrogen) atoms. The number of sulfonamides is 1. The first kappa shape index (κ1) is 17.9. The zero-order valence-corrected chi connectivity index (χ0v) is 15.0. The lowest BCUT2D eigenvalue weighted by Gasteiger charge is -2.24. The third kappa shape index (κ3) is 5.04. The van der Waals surface area contributed by atoms with Crippen molar-refractivity contribution < 1.29 is 13.2 Å². The summed E-state index contributed by atoms with van der Waals surface area (Å²) in [5.41, 5.74) is 1.37. The number of likely N-dealkylation sites (tertiary alicyclic amines) is 1. The molecule has 2 N–H and O–H groups in total. The van der Waals surface area contributed by atoms with E-state index in [2.05, 4.69) is 29.2 Å². The maximum absolute atomic E-state index is 11.2. The molecule has 0 saturated carbocycles. The second-order valence-corrected chi connectivity index (χ2v) is 7.95. The molecule has 2 aromatic rings. The van der Waals surface area contributed by atoms with Crippen molar-refractivity contribution >= 4 is 10.0 Å². The number of hydrogen-bond acceptors (Lipinski definition) is 4. The van der Waals surface area contributed by atoms with Gasteiger partial charge in [-0.1, -0.05) is 30.3 Å². The lowest BCUT2D eigenvalue weighted by atomic mass is 10.0. The van der Waals surface area contributed by atoms with Crippen LogP contribution in [-0.2, 0) is 16.4 Å². The van der Waals surface area contributed by atoms with Crippen molar-refractivity contribution in [3.05, 3.63) is 60.2 Å². The molecule has 0 radical (unpaired) electrons. The summed E-state index contributed by atoms with van der Waals surface area (Å²) in [6.07, 6.45) is 3.52. The molecule has 0 bridgehead atoms. The Kier molecular flexibility index (Phi) is 5.73. The molecule has 1 saturated heterocycles. The first-order chi connectivity index (χ1) is 12.0. The number of benzene rings is 2. The van der Waals surface area contributed by atoms with E-state index in [1.54, 1.807) is 12.1 Å². The summed E-state index contributed by atoms with van der Waals surface area (Å²) in [5, 5.41) is 5.09. The van der Waals surface area contributed by atoms with Crippen LogP contribution in [0.4, 0.5) is 0 Å². The van der Waals surface area contributed by atoms with Crippen LogP contribution >= 0.6 is 0 Å². The average Bonchev–Trinajstić information content (AvgIpc) is 3.03. The highest BCUT2D eigenvalue weighted by molar-refractivity contribution is 7.89.